The second-order valence-electron chi connectivity index (χ2n) is 4.14. The third kappa shape index (κ3) is 2.53. The van der Waals surface area contributed by atoms with Crippen molar-refractivity contribution in [1.29, 1.82) is 0 Å². The van der Waals surface area contributed by atoms with Crippen molar-refractivity contribution in [1.82, 2.24) is 15.1 Å². The maximum absolute atomic E-state index is 9.75. The Morgan fingerprint density at radius 2 is 2.14 bits per heavy atom. The van der Waals surface area contributed by atoms with Crippen LogP contribution in [0.3, 0.4) is 0 Å². The summed E-state index contributed by atoms with van der Waals surface area (Å²) >= 11 is 5.92. The second kappa shape index (κ2) is 5.41. The molecule has 0 bridgehead atoms. The highest BCUT2D eigenvalue weighted by molar-refractivity contribution is 6.30. The Morgan fingerprint density at radius 1 is 1.29 bits per heavy atom. The molecule has 1 aromatic carbocycles. The quantitative estimate of drug-likeness (QED) is 0.800. The van der Waals surface area contributed by atoms with Crippen LogP contribution in [0.2, 0.25) is 5.02 Å². The fraction of sp³-hybridized carbons (Fsp3) is 0.0714. The fourth-order valence-electron chi connectivity index (χ4n) is 1.84. The van der Waals surface area contributed by atoms with E-state index < -0.39 is 0 Å². The standard InChI is InChI=1S/C14H10ClN3O3/c1-20-11-7-8(15)4-5-9(11)13-17-14(21-18-13)12-10(19)3-2-6-16-12/h2-7,19H,1H3. The molecule has 0 unspecified atom stereocenters. The Kier molecular flexibility index (Phi) is 3.45. The molecular formula is C14H10ClN3O3. The van der Waals surface area contributed by atoms with Gasteiger partial charge in [0.05, 0.1) is 12.7 Å². The smallest absolute Gasteiger partial charge is 0.280 e. The van der Waals surface area contributed by atoms with Gasteiger partial charge in [0.1, 0.15) is 11.5 Å². The summed E-state index contributed by atoms with van der Waals surface area (Å²) < 4.78 is 10.4. The Labute approximate surface area is 125 Å². The number of hydrogen-bond acceptors (Lipinski definition) is 6. The van der Waals surface area contributed by atoms with Crippen LogP contribution < -0.4 is 4.74 Å². The molecule has 0 spiro atoms. The van der Waals surface area contributed by atoms with Gasteiger partial charge in [-0.1, -0.05) is 16.8 Å². The van der Waals surface area contributed by atoms with Crippen LogP contribution in [-0.4, -0.2) is 27.3 Å². The number of methoxy groups -OCH3 is 1. The Bertz CT molecular complexity index is 789. The molecule has 0 aliphatic rings. The van der Waals surface area contributed by atoms with Crippen LogP contribution in [0.4, 0.5) is 0 Å². The summed E-state index contributed by atoms with van der Waals surface area (Å²) in [6.07, 6.45) is 1.53. The summed E-state index contributed by atoms with van der Waals surface area (Å²) in [6, 6.07) is 8.19. The van der Waals surface area contributed by atoms with E-state index in [0.717, 1.165) is 0 Å². The van der Waals surface area contributed by atoms with Gasteiger partial charge in [-0.15, -0.1) is 0 Å². The van der Waals surface area contributed by atoms with Crippen LogP contribution in [0.1, 0.15) is 0 Å². The van der Waals surface area contributed by atoms with Crippen molar-refractivity contribution in [2.24, 2.45) is 0 Å². The minimum Gasteiger partial charge on any atom is -0.505 e. The predicted molar refractivity (Wildman–Crippen MR) is 76.2 cm³/mol. The molecule has 1 N–H and O–H groups in total. The van der Waals surface area contributed by atoms with Crippen molar-refractivity contribution in [3.63, 3.8) is 0 Å². The molecule has 0 amide bonds. The van der Waals surface area contributed by atoms with E-state index in [1.165, 1.54) is 19.4 Å². The van der Waals surface area contributed by atoms with E-state index in [2.05, 4.69) is 15.1 Å². The molecule has 106 valence electrons. The summed E-state index contributed by atoms with van der Waals surface area (Å²) in [5, 5.41) is 14.2. The summed E-state index contributed by atoms with van der Waals surface area (Å²) in [6.45, 7) is 0. The molecule has 2 aromatic heterocycles. The van der Waals surface area contributed by atoms with Crippen LogP contribution in [0.25, 0.3) is 23.0 Å². The van der Waals surface area contributed by atoms with Gasteiger partial charge in [-0.2, -0.15) is 4.98 Å². The lowest BCUT2D eigenvalue weighted by atomic mass is 10.2. The zero-order valence-corrected chi connectivity index (χ0v) is 11.7. The fourth-order valence-corrected chi connectivity index (χ4v) is 2.00. The van der Waals surface area contributed by atoms with Crippen molar-refractivity contribution in [3.8, 4) is 34.5 Å². The number of benzene rings is 1. The average molecular weight is 304 g/mol. The summed E-state index contributed by atoms with van der Waals surface area (Å²) in [5.74, 6) is 0.944. The van der Waals surface area contributed by atoms with E-state index in [-0.39, 0.29) is 17.3 Å². The van der Waals surface area contributed by atoms with Crippen LogP contribution in [0.15, 0.2) is 41.1 Å². The third-order valence-electron chi connectivity index (χ3n) is 2.82. The molecule has 0 aliphatic heterocycles. The monoisotopic (exact) mass is 303 g/mol. The van der Waals surface area contributed by atoms with Crippen LogP contribution >= 0.6 is 11.6 Å². The van der Waals surface area contributed by atoms with Crippen LogP contribution in [-0.2, 0) is 0 Å². The zero-order chi connectivity index (χ0) is 14.8. The molecule has 0 saturated carbocycles. The van der Waals surface area contributed by atoms with Gasteiger partial charge in [0.25, 0.3) is 5.89 Å². The van der Waals surface area contributed by atoms with Gasteiger partial charge in [-0.3, -0.25) is 0 Å². The summed E-state index contributed by atoms with van der Waals surface area (Å²) in [4.78, 5) is 8.24. The molecule has 3 aromatic rings. The first-order chi connectivity index (χ1) is 10.2. The molecule has 0 aliphatic carbocycles. The van der Waals surface area contributed by atoms with Gasteiger partial charge in [0.15, 0.2) is 5.69 Å². The number of aromatic hydroxyl groups is 1. The summed E-state index contributed by atoms with van der Waals surface area (Å²) in [5.41, 5.74) is 0.858. The molecule has 0 saturated heterocycles. The number of nitrogens with zero attached hydrogens (tertiary/aromatic N) is 3. The van der Waals surface area contributed by atoms with Crippen molar-refractivity contribution >= 4 is 11.6 Å². The first-order valence-corrected chi connectivity index (χ1v) is 6.39. The minimum absolute atomic E-state index is 0.0317. The van der Waals surface area contributed by atoms with Gasteiger partial charge in [-0.25, -0.2) is 4.98 Å². The summed E-state index contributed by atoms with van der Waals surface area (Å²) in [7, 11) is 1.53. The normalized spacial score (nSPS) is 10.6. The lowest BCUT2D eigenvalue weighted by molar-refractivity contribution is 0.412. The number of halogens is 1. The highest BCUT2D eigenvalue weighted by atomic mass is 35.5. The largest absolute Gasteiger partial charge is 0.505 e. The van der Waals surface area contributed by atoms with Crippen molar-refractivity contribution in [3.05, 3.63) is 41.6 Å². The molecule has 7 heteroatoms. The van der Waals surface area contributed by atoms with Gasteiger partial charge in [-0.05, 0) is 30.3 Å². The molecule has 0 fully saturated rings. The van der Waals surface area contributed by atoms with Gasteiger partial charge < -0.3 is 14.4 Å². The van der Waals surface area contributed by atoms with Crippen molar-refractivity contribution in [2.75, 3.05) is 7.11 Å². The first-order valence-electron chi connectivity index (χ1n) is 6.01. The molecule has 0 radical (unpaired) electrons. The number of aromatic nitrogens is 3. The first kappa shape index (κ1) is 13.4. The topological polar surface area (TPSA) is 81.3 Å². The maximum Gasteiger partial charge on any atom is 0.280 e. The van der Waals surface area contributed by atoms with Gasteiger partial charge in [0, 0.05) is 11.2 Å². The van der Waals surface area contributed by atoms with Crippen LogP contribution in [0, 0.1) is 0 Å². The molecule has 2 heterocycles. The predicted octanol–water partition coefficient (Wildman–Crippen LogP) is 3.17. The Morgan fingerprint density at radius 3 is 2.90 bits per heavy atom. The third-order valence-corrected chi connectivity index (χ3v) is 3.05. The number of ether oxygens (including phenoxy) is 1. The van der Waals surface area contributed by atoms with E-state index in [0.29, 0.717) is 22.2 Å². The lowest BCUT2D eigenvalue weighted by Gasteiger charge is -2.04. The Hall–Kier alpha value is -2.60. The Balaban J connectivity index is 2.05. The zero-order valence-electron chi connectivity index (χ0n) is 10.9. The number of pyridine rings is 1. The minimum atomic E-state index is -0.0317. The number of hydrogen-bond donors (Lipinski definition) is 1. The van der Waals surface area contributed by atoms with E-state index in [9.17, 15) is 5.11 Å². The van der Waals surface area contributed by atoms with Gasteiger partial charge in [0.2, 0.25) is 5.82 Å². The van der Waals surface area contributed by atoms with Gasteiger partial charge >= 0.3 is 0 Å². The highest BCUT2D eigenvalue weighted by Gasteiger charge is 2.17. The number of rotatable bonds is 3. The molecule has 21 heavy (non-hydrogen) atoms. The SMILES string of the molecule is COc1cc(Cl)ccc1-c1noc(-c2ncccc2O)n1. The van der Waals surface area contributed by atoms with E-state index in [1.807, 2.05) is 0 Å². The van der Waals surface area contributed by atoms with E-state index in [1.54, 1.807) is 24.3 Å². The molecule has 6 nitrogen and oxygen atoms in total. The second-order valence-corrected chi connectivity index (χ2v) is 4.58. The maximum atomic E-state index is 9.75. The lowest BCUT2D eigenvalue weighted by Crippen LogP contribution is -1.89. The molecular weight excluding hydrogens is 294 g/mol. The van der Waals surface area contributed by atoms with E-state index in [4.69, 9.17) is 20.9 Å². The molecule has 0 atom stereocenters. The van der Waals surface area contributed by atoms with E-state index >= 15 is 0 Å². The van der Waals surface area contributed by atoms with Crippen molar-refractivity contribution in [2.45, 2.75) is 0 Å². The average Bonchev–Trinajstić information content (AvgIpc) is 2.97. The highest BCUT2D eigenvalue weighted by Crippen LogP contribution is 2.32. The molecule has 3 rings (SSSR count). The van der Waals surface area contributed by atoms with Crippen LogP contribution in [0.5, 0.6) is 11.5 Å². The van der Waals surface area contributed by atoms with Crippen molar-refractivity contribution < 1.29 is 14.4 Å².